The molecule has 0 aromatic heterocycles. The molecule has 3 saturated carbocycles. The Labute approximate surface area is 56.0 Å². The van der Waals surface area contributed by atoms with Crippen LogP contribution in [0, 0.1) is 23.7 Å². The van der Waals surface area contributed by atoms with Crippen molar-refractivity contribution in [2.75, 3.05) is 0 Å². The molecule has 0 bridgehead atoms. The normalized spacial score (nSPS) is 60.2. The van der Waals surface area contributed by atoms with E-state index in [2.05, 4.69) is 6.58 Å². The molecule has 0 amide bonds. The van der Waals surface area contributed by atoms with Gasteiger partial charge < -0.3 is 0 Å². The largest absolute Gasteiger partial charge is 0.0995 e. The third-order valence-electron chi connectivity index (χ3n) is 3.55. The summed E-state index contributed by atoms with van der Waals surface area (Å²) in [6, 6.07) is 0. The van der Waals surface area contributed by atoms with Crippen LogP contribution in [0.15, 0.2) is 12.2 Å². The van der Waals surface area contributed by atoms with Crippen LogP contribution in [0.3, 0.4) is 0 Å². The summed E-state index contributed by atoms with van der Waals surface area (Å²) in [5.74, 6) is 4.38. The van der Waals surface area contributed by atoms with E-state index in [0.717, 1.165) is 23.7 Å². The van der Waals surface area contributed by atoms with Gasteiger partial charge in [0.15, 0.2) is 0 Å². The van der Waals surface area contributed by atoms with Crippen molar-refractivity contribution in [3.63, 3.8) is 0 Å². The van der Waals surface area contributed by atoms with Gasteiger partial charge in [0.1, 0.15) is 0 Å². The van der Waals surface area contributed by atoms with Crippen LogP contribution in [0.5, 0.6) is 0 Å². The summed E-state index contributed by atoms with van der Waals surface area (Å²) in [7, 11) is 0. The van der Waals surface area contributed by atoms with Gasteiger partial charge in [-0.1, -0.05) is 12.2 Å². The van der Waals surface area contributed by atoms with Crippen LogP contribution >= 0.6 is 0 Å². The second kappa shape index (κ2) is 1.12. The van der Waals surface area contributed by atoms with Gasteiger partial charge in [0.05, 0.1) is 0 Å². The SMILES string of the molecule is C=C1CC2CC3CC3C12. The Bertz CT molecular complexity index is 178. The quantitative estimate of drug-likeness (QED) is 0.430. The van der Waals surface area contributed by atoms with Crippen molar-refractivity contribution in [3.05, 3.63) is 12.2 Å². The first-order valence-corrected chi connectivity index (χ1v) is 4.04. The first-order valence-electron chi connectivity index (χ1n) is 4.04. The summed E-state index contributed by atoms with van der Waals surface area (Å²) >= 11 is 0. The number of fused-ring (bicyclic) bond motifs is 3. The number of rotatable bonds is 0. The zero-order valence-corrected chi connectivity index (χ0v) is 5.64. The first-order chi connectivity index (χ1) is 4.36. The van der Waals surface area contributed by atoms with Gasteiger partial charge in [0.25, 0.3) is 0 Å². The van der Waals surface area contributed by atoms with Gasteiger partial charge in [0, 0.05) is 0 Å². The van der Waals surface area contributed by atoms with Crippen molar-refractivity contribution in [1.29, 1.82) is 0 Å². The highest BCUT2D eigenvalue weighted by Gasteiger charge is 2.58. The molecule has 0 nitrogen and oxygen atoms in total. The fourth-order valence-corrected chi connectivity index (χ4v) is 3.03. The molecular formula is C9H12. The highest BCUT2D eigenvalue weighted by Crippen LogP contribution is 2.66. The summed E-state index contributed by atoms with van der Waals surface area (Å²) in [4.78, 5) is 0. The summed E-state index contributed by atoms with van der Waals surface area (Å²) < 4.78 is 0. The molecule has 0 saturated heterocycles. The summed E-state index contributed by atoms with van der Waals surface area (Å²) in [6.07, 6.45) is 4.46. The number of hydrogen-bond donors (Lipinski definition) is 0. The van der Waals surface area contributed by atoms with Gasteiger partial charge in [-0.05, 0) is 42.9 Å². The molecule has 0 aromatic rings. The Kier molecular flexibility index (Phi) is 0.564. The van der Waals surface area contributed by atoms with E-state index >= 15 is 0 Å². The summed E-state index contributed by atoms with van der Waals surface area (Å²) in [5.41, 5.74) is 1.57. The smallest absolute Gasteiger partial charge is 0.0143 e. The molecule has 0 heteroatoms. The molecule has 9 heavy (non-hydrogen) atoms. The highest BCUT2D eigenvalue weighted by molar-refractivity contribution is 5.24. The monoisotopic (exact) mass is 120 g/mol. The fraction of sp³-hybridized carbons (Fsp3) is 0.778. The topological polar surface area (TPSA) is 0 Å². The molecule has 3 aliphatic rings. The van der Waals surface area contributed by atoms with Crippen LogP contribution in [-0.4, -0.2) is 0 Å². The summed E-state index contributed by atoms with van der Waals surface area (Å²) in [6.45, 7) is 4.08. The van der Waals surface area contributed by atoms with Crippen molar-refractivity contribution >= 4 is 0 Å². The molecule has 3 aliphatic carbocycles. The Morgan fingerprint density at radius 3 is 2.67 bits per heavy atom. The van der Waals surface area contributed by atoms with Gasteiger partial charge in [-0.15, -0.1) is 0 Å². The molecule has 48 valence electrons. The van der Waals surface area contributed by atoms with E-state index in [4.69, 9.17) is 0 Å². The van der Waals surface area contributed by atoms with E-state index < -0.39 is 0 Å². The van der Waals surface area contributed by atoms with E-state index in [-0.39, 0.29) is 0 Å². The van der Waals surface area contributed by atoms with E-state index in [1.807, 2.05) is 0 Å². The first kappa shape index (κ1) is 4.54. The van der Waals surface area contributed by atoms with E-state index in [1.165, 1.54) is 6.42 Å². The van der Waals surface area contributed by atoms with Crippen molar-refractivity contribution in [2.45, 2.75) is 19.3 Å². The van der Waals surface area contributed by atoms with E-state index in [0.29, 0.717) is 0 Å². The lowest BCUT2D eigenvalue weighted by atomic mass is 9.69. The lowest BCUT2D eigenvalue weighted by Crippen LogP contribution is -2.25. The Balaban J connectivity index is 1.95. The third kappa shape index (κ3) is 0.385. The molecule has 3 fully saturated rings. The van der Waals surface area contributed by atoms with Crippen LogP contribution in [0.1, 0.15) is 19.3 Å². The van der Waals surface area contributed by atoms with Crippen molar-refractivity contribution in [1.82, 2.24) is 0 Å². The van der Waals surface area contributed by atoms with Crippen LogP contribution in [0.4, 0.5) is 0 Å². The average molecular weight is 120 g/mol. The molecule has 0 N–H and O–H groups in total. The zero-order chi connectivity index (χ0) is 6.01. The predicted molar refractivity (Wildman–Crippen MR) is 37.0 cm³/mol. The number of allylic oxidation sites excluding steroid dienone is 1. The maximum Gasteiger partial charge on any atom is -0.0143 e. The van der Waals surface area contributed by atoms with Gasteiger partial charge in [-0.3, -0.25) is 0 Å². The van der Waals surface area contributed by atoms with Gasteiger partial charge in [-0.2, -0.15) is 0 Å². The molecule has 3 rings (SSSR count). The zero-order valence-electron chi connectivity index (χ0n) is 5.64. The second-order valence-corrected chi connectivity index (χ2v) is 4.04. The molecule has 0 aromatic carbocycles. The van der Waals surface area contributed by atoms with E-state index in [1.54, 1.807) is 18.4 Å². The Hall–Kier alpha value is -0.260. The van der Waals surface area contributed by atoms with Gasteiger partial charge in [-0.25, -0.2) is 0 Å². The number of hydrogen-bond acceptors (Lipinski definition) is 0. The molecular weight excluding hydrogens is 108 g/mol. The lowest BCUT2D eigenvalue weighted by Gasteiger charge is -2.35. The molecule has 0 heterocycles. The molecule has 4 unspecified atom stereocenters. The standard InChI is InChI=1S/C9H12/c1-5-2-7-3-6-4-8(6)9(5)7/h6-9H,1-4H2. The van der Waals surface area contributed by atoms with E-state index in [9.17, 15) is 0 Å². The predicted octanol–water partition coefficient (Wildman–Crippen LogP) is 2.22. The Morgan fingerprint density at radius 2 is 2.11 bits per heavy atom. The van der Waals surface area contributed by atoms with Gasteiger partial charge >= 0.3 is 0 Å². The molecule has 0 spiro atoms. The molecule has 4 atom stereocenters. The second-order valence-electron chi connectivity index (χ2n) is 4.04. The average Bonchev–Trinajstić information content (AvgIpc) is 2.42. The van der Waals surface area contributed by atoms with Gasteiger partial charge in [0.2, 0.25) is 0 Å². The maximum atomic E-state index is 4.08. The Morgan fingerprint density at radius 1 is 1.22 bits per heavy atom. The van der Waals surface area contributed by atoms with Crippen molar-refractivity contribution in [2.24, 2.45) is 23.7 Å². The minimum absolute atomic E-state index is 1.01. The fourth-order valence-electron chi connectivity index (χ4n) is 3.03. The molecule has 0 radical (unpaired) electrons. The minimum Gasteiger partial charge on any atom is -0.0995 e. The van der Waals surface area contributed by atoms with Crippen LogP contribution in [0.25, 0.3) is 0 Å². The van der Waals surface area contributed by atoms with Crippen LogP contribution < -0.4 is 0 Å². The van der Waals surface area contributed by atoms with Crippen molar-refractivity contribution < 1.29 is 0 Å². The highest BCUT2D eigenvalue weighted by atomic mass is 14.6. The van der Waals surface area contributed by atoms with Crippen LogP contribution in [0.2, 0.25) is 0 Å². The lowest BCUT2D eigenvalue weighted by molar-refractivity contribution is 0.282. The molecule has 0 aliphatic heterocycles. The minimum atomic E-state index is 1.01. The van der Waals surface area contributed by atoms with Crippen LogP contribution in [-0.2, 0) is 0 Å². The maximum absolute atomic E-state index is 4.08. The van der Waals surface area contributed by atoms with Crippen molar-refractivity contribution in [3.8, 4) is 0 Å². The summed E-state index contributed by atoms with van der Waals surface area (Å²) in [5, 5.41) is 0. The third-order valence-corrected chi connectivity index (χ3v) is 3.55.